The van der Waals surface area contributed by atoms with Gasteiger partial charge in [-0.3, -0.25) is 4.90 Å². The molecule has 1 aromatic rings. The maximum absolute atomic E-state index is 12.8. The van der Waals surface area contributed by atoms with E-state index in [-0.39, 0.29) is 30.2 Å². The van der Waals surface area contributed by atoms with Crippen molar-refractivity contribution in [3.63, 3.8) is 0 Å². The van der Waals surface area contributed by atoms with Crippen LogP contribution in [0.5, 0.6) is 0 Å². The molecule has 1 heterocycles. The van der Waals surface area contributed by atoms with E-state index in [0.717, 1.165) is 12.1 Å². The van der Waals surface area contributed by atoms with E-state index >= 15 is 0 Å². The highest BCUT2D eigenvalue weighted by molar-refractivity contribution is 5.93. The van der Waals surface area contributed by atoms with E-state index in [1.165, 1.54) is 5.56 Å². The molecule has 0 saturated heterocycles. The second-order valence-electron chi connectivity index (χ2n) is 9.37. The number of ether oxygens (including phenoxy) is 2. The van der Waals surface area contributed by atoms with Crippen molar-refractivity contribution in [1.29, 1.82) is 0 Å². The van der Waals surface area contributed by atoms with Crippen molar-refractivity contribution in [1.82, 2.24) is 10.2 Å². The first-order valence-corrected chi connectivity index (χ1v) is 11.4. The van der Waals surface area contributed by atoms with Crippen LogP contribution in [0.25, 0.3) is 0 Å². The van der Waals surface area contributed by atoms with Crippen molar-refractivity contribution in [3.05, 3.63) is 71.0 Å². The SMILES string of the molecule is CCOC(=O)C1=C2C=C(OCC(O)CNC(C)(C)C)C=CC2N(Cc2ccccc2)C1C. The number of nitrogens with zero attached hydrogens (tertiary/aromatic N) is 1. The number of benzene rings is 1. The standard InChI is InChI=1S/C26H36N2O4/c1-6-31-25(30)24-18(2)28(16-19-10-8-7-9-11-19)23-13-12-21(14-22(23)24)32-17-20(29)15-27-26(3,4)5/h7-14,18,20,23,27,29H,6,15-17H2,1-5H3. The Hall–Kier alpha value is -2.41. The molecule has 1 aliphatic heterocycles. The molecule has 2 aliphatic rings. The van der Waals surface area contributed by atoms with Crippen LogP contribution < -0.4 is 5.32 Å². The minimum Gasteiger partial charge on any atom is -0.491 e. The first-order chi connectivity index (χ1) is 15.2. The van der Waals surface area contributed by atoms with Crippen molar-refractivity contribution in [2.75, 3.05) is 19.8 Å². The number of carbonyl (C=O) groups is 1. The molecule has 0 bridgehead atoms. The number of hydrogen-bond acceptors (Lipinski definition) is 6. The molecule has 6 heteroatoms. The fourth-order valence-electron chi connectivity index (χ4n) is 4.04. The lowest BCUT2D eigenvalue weighted by atomic mass is 9.98. The van der Waals surface area contributed by atoms with Gasteiger partial charge in [0.2, 0.25) is 0 Å². The van der Waals surface area contributed by atoms with Crippen LogP contribution in [0.3, 0.4) is 0 Å². The van der Waals surface area contributed by atoms with E-state index in [9.17, 15) is 9.90 Å². The molecule has 3 rings (SSSR count). The molecular weight excluding hydrogens is 404 g/mol. The number of fused-ring (bicyclic) bond motifs is 1. The molecule has 32 heavy (non-hydrogen) atoms. The third-order valence-corrected chi connectivity index (χ3v) is 5.66. The fourth-order valence-corrected chi connectivity index (χ4v) is 4.04. The first-order valence-electron chi connectivity index (χ1n) is 11.4. The summed E-state index contributed by atoms with van der Waals surface area (Å²) >= 11 is 0. The van der Waals surface area contributed by atoms with Gasteiger partial charge in [-0.25, -0.2) is 4.79 Å². The average molecular weight is 441 g/mol. The van der Waals surface area contributed by atoms with Crippen LogP contribution in [0, 0.1) is 0 Å². The second-order valence-corrected chi connectivity index (χ2v) is 9.37. The average Bonchev–Trinajstić information content (AvgIpc) is 3.02. The zero-order chi connectivity index (χ0) is 23.3. The smallest absolute Gasteiger partial charge is 0.335 e. The van der Waals surface area contributed by atoms with E-state index in [2.05, 4.69) is 49.2 Å². The normalized spacial score (nSPS) is 21.9. The van der Waals surface area contributed by atoms with Crippen molar-refractivity contribution in [2.45, 2.75) is 64.9 Å². The van der Waals surface area contributed by atoms with Crippen LogP contribution in [-0.2, 0) is 20.8 Å². The van der Waals surface area contributed by atoms with Crippen molar-refractivity contribution < 1.29 is 19.4 Å². The van der Waals surface area contributed by atoms with E-state index in [0.29, 0.717) is 24.5 Å². The Kier molecular flexibility index (Phi) is 7.93. The van der Waals surface area contributed by atoms with Crippen molar-refractivity contribution in [3.8, 4) is 0 Å². The predicted octanol–water partition coefficient (Wildman–Crippen LogP) is 3.34. The summed E-state index contributed by atoms with van der Waals surface area (Å²) in [6.45, 7) is 11.7. The molecule has 3 unspecified atom stereocenters. The quantitative estimate of drug-likeness (QED) is 0.574. The van der Waals surface area contributed by atoms with Crippen LogP contribution in [0.1, 0.15) is 40.2 Å². The van der Waals surface area contributed by atoms with Gasteiger partial charge in [-0.2, -0.15) is 0 Å². The number of β-amino-alcohol motifs (C(OH)–C–C–N with tert-alkyl or cyclic N) is 1. The van der Waals surface area contributed by atoms with Gasteiger partial charge in [-0.05, 0) is 57.9 Å². The van der Waals surface area contributed by atoms with Crippen LogP contribution >= 0.6 is 0 Å². The lowest BCUT2D eigenvalue weighted by molar-refractivity contribution is -0.139. The number of carbonyl (C=O) groups excluding carboxylic acids is 1. The third kappa shape index (κ3) is 6.09. The second kappa shape index (κ2) is 10.5. The topological polar surface area (TPSA) is 71.0 Å². The lowest BCUT2D eigenvalue weighted by Crippen LogP contribution is -2.42. The van der Waals surface area contributed by atoms with Gasteiger partial charge in [0.15, 0.2) is 0 Å². The molecule has 2 N–H and O–H groups in total. The number of esters is 1. The maximum atomic E-state index is 12.8. The number of allylic oxidation sites excluding steroid dienone is 1. The number of nitrogens with one attached hydrogen (secondary N) is 1. The molecule has 1 aliphatic carbocycles. The zero-order valence-corrected chi connectivity index (χ0v) is 19.8. The molecule has 1 aromatic carbocycles. The summed E-state index contributed by atoms with van der Waals surface area (Å²) in [6, 6.07) is 10.1. The van der Waals surface area contributed by atoms with Gasteiger partial charge in [0.1, 0.15) is 18.5 Å². The highest BCUT2D eigenvalue weighted by Gasteiger charge is 2.41. The predicted molar refractivity (Wildman–Crippen MR) is 126 cm³/mol. The lowest BCUT2D eigenvalue weighted by Gasteiger charge is -2.29. The number of rotatable bonds is 9. The van der Waals surface area contributed by atoms with Crippen LogP contribution in [0.4, 0.5) is 0 Å². The first kappa shape index (κ1) is 24.2. The van der Waals surface area contributed by atoms with Gasteiger partial charge in [0.05, 0.1) is 18.2 Å². The summed E-state index contributed by atoms with van der Waals surface area (Å²) in [4.78, 5) is 15.1. The summed E-state index contributed by atoms with van der Waals surface area (Å²) in [7, 11) is 0. The number of aliphatic hydroxyl groups is 1. The Labute approximate surface area is 191 Å². The van der Waals surface area contributed by atoms with Crippen molar-refractivity contribution >= 4 is 5.97 Å². The largest absolute Gasteiger partial charge is 0.491 e. The molecular formula is C26H36N2O4. The van der Waals surface area contributed by atoms with Gasteiger partial charge < -0.3 is 19.9 Å². The minimum absolute atomic E-state index is 0.0237. The maximum Gasteiger partial charge on any atom is 0.335 e. The third-order valence-electron chi connectivity index (χ3n) is 5.66. The van der Waals surface area contributed by atoms with Crippen molar-refractivity contribution in [2.24, 2.45) is 0 Å². The molecule has 6 nitrogen and oxygen atoms in total. The summed E-state index contributed by atoms with van der Waals surface area (Å²) in [5.41, 5.74) is 2.71. The van der Waals surface area contributed by atoms with Gasteiger partial charge in [-0.15, -0.1) is 0 Å². The van der Waals surface area contributed by atoms with Gasteiger partial charge in [0, 0.05) is 24.7 Å². The summed E-state index contributed by atoms with van der Waals surface area (Å²) in [6.07, 6.45) is 5.28. The Balaban J connectivity index is 1.76. The minimum atomic E-state index is -0.628. The Morgan fingerprint density at radius 2 is 1.97 bits per heavy atom. The summed E-state index contributed by atoms with van der Waals surface area (Å²) < 4.78 is 11.2. The highest BCUT2D eigenvalue weighted by atomic mass is 16.5. The molecule has 0 radical (unpaired) electrons. The van der Waals surface area contributed by atoms with Crippen LogP contribution in [-0.4, -0.2) is 59.5 Å². The van der Waals surface area contributed by atoms with E-state index in [4.69, 9.17) is 9.47 Å². The van der Waals surface area contributed by atoms with E-state index in [1.807, 2.05) is 44.2 Å². The zero-order valence-electron chi connectivity index (χ0n) is 19.8. The molecule has 174 valence electrons. The van der Waals surface area contributed by atoms with E-state index in [1.54, 1.807) is 0 Å². The summed E-state index contributed by atoms with van der Waals surface area (Å²) in [5.74, 6) is 0.359. The fraction of sp³-hybridized carbons (Fsp3) is 0.500. The molecule has 0 aromatic heterocycles. The molecule has 0 amide bonds. The molecule has 0 saturated carbocycles. The molecule has 0 fully saturated rings. The highest BCUT2D eigenvalue weighted by Crippen LogP contribution is 2.37. The van der Waals surface area contributed by atoms with Gasteiger partial charge >= 0.3 is 5.97 Å². The Bertz CT molecular complexity index is 883. The summed E-state index contributed by atoms with van der Waals surface area (Å²) in [5, 5.41) is 13.5. The molecule has 3 atom stereocenters. The van der Waals surface area contributed by atoms with Gasteiger partial charge in [0.25, 0.3) is 0 Å². The van der Waals surface area contributed by atoms with E-state index < -0.39 is 6.10 Å². The molecule has 0 spiro atoms. The van der Waals surface area contributed by atoms with Gasteiger partial charge in [-0.1, -0.05) is 36.4 Å². The monoisotopic (exact) mass is 440 g/mol. The van der Waals surface area contributed by atoms with Crippen LogP contribution in [0.2, 0.25) is 0 Å². The Morgan fingerprint density at radius 3 is 2.62 bits per heavy atom. The number of aliphatic hydroxyl groups excluding tert-OH is 1. The Morgan fingerprint density at radius 1 is 1.25 bits per heavy atom. The van der Waals surface area contributed by atoms with Crippen LogP contribution in [0.15, 0.2) is 65.5 Å². The number of hydrogen-bond donors (Lipinski definition) is 2.